The molecule has 0 aromatic heterocycles. The van der Waals surface area contributed by atoms with Gasteiger partial charge < -0.3 is 21.5 Å². The van der Waals surface area contributed by atoms with E-state index < -0.39 is 0 Å². The molecule has 0 amide bonds. The van der Waals surface area contributed by atoms with Gasteiger partial charge >= 0.3 is 0 Å². The first-order valence-corrected chi connectivity index (χ1v) is 10.1. The van der Waals surface area contributed by atoms with Gasteiger partial charge in [0.1, 0.15) is 0 Å². The fourth-order valence-corrected chi connectivity index (χ4v) is 3.40. The second-order valence-electron chi connectivity index (χ2n) is 6.96. The first kappa shape index (κ1) is 24.7. The van der Waals surface area contributed by atoms with E-state index in [1.54, 1.807) is 0 Å². The lowest BCUT2D eigenvalue weighted by molar-refractivity contribution is -0.925. The van der Waals surface area contributed by atoms with Gasteiger partial charge in [0.15, 0.2) is 0 Å². The summed E-state index contributed by atoms with van der Waals surface area (Å²) in [5.74, 6) is 0. The third-order valence-electron chi connectivity index (χ3n) is 5.31. The van der Waals surface area contributed by atoms with Gasteiger partial charge in [-0.2, -0.15) is 0 Å². The fraction of sp³-hybridized carbons (Fsp3) is 1.00. The van der Waals surface area contributed by atoms with Crippen LogP contribution in [0.3, 0.4) is 0 Å². The molecule has 0 fully saturated rings. The largest absolute Gasteiger partial charge is 1.00 e. The van der Waals surface area contributed by atoms with E-state index in [1.807, 2.05) is 0 Å². The Morgan fingerprint density at radius 1 is 0.455 bits per heavy atom. The Kier molecular flexibility index (Phi) is 20.0. The van der Waals surface area contributed by atoms with Gasteiger partial charge in [0.2, 0.25) is 0 Å². The van der Waals surface area contributed by atoms with Crippen molar-refractivity contribution in [1.29, 1.82) is 0 Å². The molecule has 0 unspecified atom stereocenters. The second kappa shape index (κ2) is 17.8. The number of halogens is 1. The molecule has 0 aromatic carbocycles. The smallest absolute Gasteiger partial charge is 0.0786 e. The molecular weight excluding hydrogens is 334 g/mol. The highest BCUT2D eigenvalue weighted by atomic mass is 79.9. The van der Waals surface area contributed by atoms with E-state index in [0.717, 1.165) is 0 Å². The lowest BCUT2D eigenvalue weighted by Gasteiger charge is -2.37. The van der Waals surface area contributed by atoms with Crippen LogP contribution in [0.1, 0.15) is 105 Å². The Hall–Kier alpha value is 0.440. The van der Waals surface area contributed by atoms with Crippen LogP contribution in [-0.4, -0.2) is 30.7 Å². The van der Waals surface area contributed by atoms with Gasteiger partial charge in [-0.15, -0.1) is 0 Å². The predicted molar refractivity (Wildman–Crippen MR) is 97.8 cm³/mol. The van der Waals surface area contributed by atoms with Crippen LogP contribution in [0.2, 0.25) is 0 Å². The summed E-state index contributed by atoms with van der Waals surface area (Å²) in [7, 11) is 0. The van der Waals surface area contributed by atoms with Crippen molar-refractivity contribution in [3.63, 3.8) is 0 Å². The molecule has 0 aromatic rings. The van der Waals surface area contributed by atoms with E-state index >= 15 is 0 Å². The molecule has 0 bridgehead atoms. The van der Waals surface area contributed by atoms with Crippen LogP contribution in [0.15, 0.2) is 0 Å². The first-order valence-electron chi connectivity index (χ1n) is 10.1. The fourth-order valence-electron chi connectivity index (χ4n) is 3.40. The van der Waals surface area contributed by atoms with Crippen LogP contribution in [-0.2, 0) is 0 Å². The molecule has 0 aliphatic carbocycles. The minimum Gasteiger partial charge on any atom is -1.00 e. The topological polar surface area (TPSA) is 0 Å². The van der Waals surface area contributed by atoms with Gasteiger partial charge in [0.25, 0.3) is 0 Å². The maximum absolute atomic E-state index is 2.38. The van der Waals surface area contributed by atoms with E-state index in [4.69, 9.17) is 0 Å². The van der Waals surface area contributed by atoms with Crippen molar-refractivity contribution in [2.45, 2.75) is 105 Å². The zero-order valence-electron chi connectivity index (χ0n) is 16.1. The molecule has 22 heavy (non-hydrogen) atoms. The van der Waals surface area contributed by atoms with E-state index in [0.29, 0.717) is 0 Å². The number of rotatable bonds is 16. The molecule has 136 valence electrons. The minimum absolute atomic E-state index is 0. The number of hydrogen-bond donors (Lipinski definition) is 0. The van der Waals surface area contributed by atoms with Gasteiger partial charge in [-0.25, -0.2) is 0 Å². The average molecular weight is 378 g/mol. The van der Waals surface area contributed by atoms with Gasteiger partial charge in [0, 0.05) is 0 Å². The Morgan fingerprint density at radius 2 is 0.818 bits per heavy atom. The third-order valence-corrected chi connectivity index (χ3v) is 5.31. The minimum atomic E-state index is 0. The molecule has 0 rings (SSSR count). The van der Waals surface area contributed by atoms with Crippen LogP contribution in [0, 0.1) is 0 Å². The Morgan fingerprint density at radius 3 is 1.23 bits per heavy atom. The highest BCUT2D eigenvalue weighted by Gasteiger charge is 2.21. The quantitative estimate of drug-likeness (QED) is 0.285. The van der Waals surface area contributed by atoms with Gasteiger partial charge in [-0.05, 0) is 33.1 Å². The normalized spacial score (nSPS) is 11.5. The Bertz CT molecular complexity index is 202. The molecule has 1 nitrogen and oxygen atoms in total. The lowest BCUT2D eigenvalue weighted by atomic mass is 10.1. The average Bonchev–Trinajstić information content (AvgIpc) is 2.52. The first-order chi connectivity index (χ1) is 10.2. The lowest BCUT2D eigenvalue weighted by Crippen LogP contribution is -3.00. The summed E-state index contributed by atoms with van der Waals surface area (Å²) < 4.78 is 1.37. The van der Waals surface area contributed by atoms with Gasteiger partial charge in [0.05, 0.1) is 26.2 Å². The summed E-state index contributed by atoms with van der Waals surface area (Å²) in [5.41, 5.74) is 0. The molecule has 0 saturated carbocycles. The predicted octanol–water partition coefficient (Wildman–Crippen LogP) is 3.57. The van der Waals surface area contributed by atoms with Crippen molar-refractivity contribution in [2.24, 2.45) is 0 Å². The van der Waals surface area contributed by atoms with Crippen molar-refractivity contribution in [2.75, 3.05) is 26.2 Å². The molecule has 0 aliphatic rings. The summed E-state index contributed by atoms with van der Waals surface area (Å²) in [6.45, 7) is 14.9. The maximum Gasteiger partial charge on any atom is 0.0786 e. The molecule has 2 heteroatoms. The molecule has 0 atom stereocenters. The summed E-state index contributed by atoms with van der Waals surface area (Å²) in [4.78, 5) is 0. The van der Waals surface area contributed by atoms with Crippen LogP contribution in [0.25, 0.3) is 0 Å². The number of unbranched alkanes of at least 4 members (excludes halogenated alkanes) is 10. The summed E-state index contributed by atoms with van der Waals surface area (Å²) >= 11 is 0. The third kappa shape index (κ3) is 12.9. The molecular formula is C20H44BrN. The highest BCUT2D eigenvalue weighted by molar-refractivity contribution is 4.49. The highest BCUT2D eigenvalue weighted by Crippen LogP contribution is 2.14. The van der Waals surface area contributed by atoms with Gasteiger partial charge in [-0.3, -0.25) is 0 Å². The van der Waals surface area contributed by atoms with E-state index in [9.17, 15) is 0 Å². The molecule has 0 spiro atoms. The molecule has 0 N–H and O–H groups in total. The van der Waals surface area contributed by atoms with Crippen LogP contribution < -0.4 is 17.0 Å². The van der Waals surface area contributed by atoms with E-state index in [2.05, 4.69) is 27.7 Å². The van der Waals surface area contributed by atoms with Crippen LogP contribution in [0.4, 0.5) is 0 Å². The SMILES string of the molecule is CCCCCCCCCCCC[N+](CC)(CC)CCCC.[Br-]. The maximum atomic E-state index is 2.38. The summed E-state index contributed by atoms with van der Waals surface area (Å²) in [6.07, 6.45) is 17.3. The second-order valence-corrected chi connectivity index (χ2v) is 6.96. The molecule has 0 aliphatic heterocycles. The molecule has 0 radical (unpaired) electrons. The van der Waals surface area contributed by atoms with E-state index in [-0.39, 0.29) is 17.0 Å². The standard InChI is InChI=1S/C20H44N.BrH/c1-5-9-11-12-13-14-15-16-17-18-20-21(7-3,8-4)19-10-6-2;/h5-20H2,1-4H3;1H/q+1;/p-1. The van der Waals surface area contributed by atoms with Crippen molar-refractivity contribution < 1.29 is 21.5 Å². The Labute approximate surface area is 152 Å². The number of quaternary nitrogens is 1. The van der Waals surface area contributed by atoms with Crippen LogP contribution >= 0.6 is 0 Å². The number of nitrogens with zero attached hydrogens (tertiary/aromatic N) is 1. The van der Waals surface area contributed by atoms with E-state index in [1.165, 1.54) is 108 Å². The Balaban J connectivity index is 0. The molecule has 0 saturated heterocycles. The summed E-state index contributed by atoms with van der Waals surface area (Å²) in [6, 6.07) is 0. The van der Waals surface area contributed by atoms with Gasteiger partial charge in [-0.1, -0.05) is 71.6 Å². The summed E-state index contributed by atoms with van der Waals surface area (Å²) in [5, 5.41) is 0. The monoisotopic (exact) mass is 377 g/mol. The van der Waals surface area contributed by atoms with Crippen molar-refractivity contribution in [1.82, 2.24) is 0 Å². The zero-order valence-corrected chi connectivity index (χ0v) is 17.7. The van der Waals surface area contributed by atoms with Crippen molar-refractivity contribution in [3.8, 4) is 0 Å². The van der Waals surface area contributed by atoms with Crippen molar-refractivity contribution in [3.05, 3.63) is 0 Å². The molecule has 0 heterocycles. The van der Waals surface area contributed by atoms with Crippen molar-refractivity contribution >= 4 is 0 Å². The van der Waals surface area contributed by atoms with Crippen LogP contribution in [0.5, 0.6) is 0 Å². The zero-order chi connectivity index (χ0) is 15.8. The number of hydrogen-bond acceptors (Lipinski definition) is 0.